The number of nitrogens with zero attached hydrogens (tertiary/aromatic N) is 3. The van der Waals surface area contributed by atoms with Gasteiger partial charge in [-0.3, -0.25) is 10.5 Å². The molecule has 172 valence electrons. The molecule has 0 radical (unpaired) electrons. The number of hydrogen-bond acceptors (Lipinski definition) is 5. The molecule has 4 rings (SSSR count). The third-order valence-corrected chi connectivity index (χ3v) is 6.64. The third kappa shape index (κ3) is 4.09. The molecule has 10 heteroatoms. The molecular formula is C23H24FN5O3S. The molecule has 0 aliphatic heterocycles. The molecule has 0 fully saturated rings. The van der Waals surface area contributed by atoms with E-state index in [1.165, 1.54) is 22.9 Å². The van der Waals surface area contributed by atoms with Gasteiger partial charge in [-0.1, -0.05) is 32.9 Å². The summed E-state index contributed by atoms with van der Waals surface area (Å²) in [6.45, 7) is 7.26. The summed E-state index contributed by atoms with van der Waals surface area (Å²) in [6, 6.07) is 13.5. The SMILES string of the molecule is Cc1cc(NS(=O)(=O)c2ccc(C(C)(C)C)c(F)c2)n(-c2cccc3c2ccc(N)[n+]3[O-])n1. The molecule has 8 nitrogen and oxygen atoms in total. The summed E-state index contributed by atoms with van der Waals surface area (Å²) in [6.07, 6.45) is 0. The lowest BCUT2D eigenvalue weighted by atomic mass is 9.87. The van der Waals surface area contributed by atoms with Crippen LogP contribution in [0.15, 0.2) is 59.5 Å². The standard InChI is InChI=1S/C23H24FN5O3S/c1-14-12-22(27-33(31,32)15-8-10-17(18(24)13-15)23(2,3)4)28(26-14)19-6-5-7-20-16(19)9-11-21(25)29(20)30/h5-13,27H,25H2,1-4H3. The van der Waals surface area contributed by atoms with Crippen LogP contribution in [0.2, 0.25) is 0 Å². The van der Waals surface area contributed by atoms with Gasteiger partial charge in [-0.25, -0.2) is 22.2 Å². The van der Waals surface area contributed by atoms with Crippen molar-refractivity contribution in [1.29, 1.82) is 0 Å². The molecule has 2 aromatic carbocycles. The van der Waals surface area contributed by atoms with Crippen molar-refractivity contribution < 1.29 is 17.5 Å². The molecule has 0 atom stereocenters. The van der Waals surface area contributed by atoms with Gasteiger partial charge in [0.05, 0.1) is 16.3 Å². The van der Waals surface area contributed by atoms with Crippen molar-refractivity contribution in [3.63, 3.8) is 0 Å². The Morgan fingerprint density at radius 1 is 1.12 bits per heavy atom. The first-order valence-corrected chi connectivity index (χ1v) is 11.7. The number of aromatic nitrogens is 3. The molecule has 2 heterocycles. The molecule has 0 spiro atoms. The third-order valence-electron chi connectivity index (χ3n) is 5.29. The van der Waals surface area contributed by atoms with Crippen molar-refractivity contribution in [3.05, 3.63) is 76.9 Å². The fraction of sp³-hybridized carbons (Fsp3) is 0.217. The van der Waals surface area contributed by atoms with Crippen molar-refractivity contribution >= 4 is 32.6 Å². The molecular weight excluding hydrogens is 445 g/mol. The van der Waals surface area contributed by atoms with Crippen molar-refractivity contribution in [2.24, 2.45) is 0 Å². The smallest absolute Gasteiger partial charge is 0.275 e. The molecule has 0 saturated carbocycles. The van der Waals surface area contributed by atoms with Crippen LogP contribution in [0.1, 0.15) is 32.0 Å². The quantitative estimate of drug-likeness (QED) is 0.348. The van der Waals surface area contributed by atoms with Crippen LogP contribution in [-0.2, 0) is 15.4 Å². The molecule has 4 aromatic rings. The number of anilines is 2. The molecule has 0 bridgehead atoms. The van der Waals surface area contributed by atoms with Crippen LogP contribution in [0.3, 0.4) is 0 Å². The maximum absolute atomic E-state index is 14.7. The van der Waals surface area contributed by atoms with Crippen LogP contribution in [0.5, 0.6) is 0 Å². The Labute approximate surface area is 191 Å². The topological polar surface area (TPSA) is 117 Å². The van der Waals surface area contributed by atoms with Crippen LogP contribution in [-0.4, -0.2) is 18.2 Å². The lowest BCUT2D eigenvalue weighted by Gasteiger charge is -2.20. The number of nitrogens with two attached hydrogens (primary N) is 1. The highest BCUT2D eigenvalue weighted by Gasteiger charge is 2.24. The van der Waals surface area contributed by atoms with E-state index in [0.717, 1.165) is 6.07 Å². The summed E-state index contributed by atoms with van der Waals surface area (Å²) >= 11 is 0. The molecule has 33 heavy (non-hydrogen) atoms. The Bertz CT molecular complexity index is 1490. The van der Waals surface area contributed by atoms with E-state index in [1.54, 1.807) is 37.3 Å². The minimum Gasteiger partial charge on any atom is -0.710 e. The van der Waals surface area contributed by atoms with E-state index in [0.29, 0.717) is 32.6 Å². The number of sulfonamides is 1. The number of rotatable bonds is 4. The van der Waals surface area contributed by atoms with Crippen molar-refractivity contribution in [3.8, 4) is 5.69 Å². The Morgan fingerprint density at radius 3 is 2.52 bits per heavy atom. The van der Waals surface area contributed by atoms with Gasteiger partial charge in [0.15, 0.2) is 0 Å². The lowest BCUT2D eigenvalue weighted by molar-refractivity contribution is -0.561. The maximum Gasteiger partial charge on any atom is 0.275 e. The molecule has 2 aromatic heterocycles. The van der Waals surface area contributed by atoms with E-state index < -0.39 is 21.3 Å². The number of nitrogen functional groups attached to an aromatic ring is 1. The second-order valence-corrected chi connectivity index (χ2v) is 10.5. The van der Waals surface area contributed by atoms with E-state index in [-0.39, 0.29) is 16.5 Å². The predicted molar refractivity (Wildman–Crippen MR) is 125 cm³/mol. The van der Waals surface area contributed by atoms with Gasteiger partial charge < -0.3 is 5.21 Å². The molecule has 0 aliphatic carbocycles. The monoisotopic (exact) mass is 469 g/mol. The van der Waals surface area contributed by atoms with Gasteiger partial charge in [0.2, 0.25) is 0 Å². The van der Waals surface area contributed by atoms with Gasteiger partial charge >= 0.3 is 0 Å². The van der Waals surface area contributed by atoms with Gasteiger partial charge in [0.1, 0.15) is 17.2 Å². The number of pyridine rings is 1. The van der Waals surface area contributed by atoms with Gasteiger partial charge in [-0.15, -0.1) is 0 Å². The zero-order valence-electron chi connectivity index (χ0n) is 18.6. The summed E-state index contributed by atoms with van der Waals surface area (Å²) in [5.74, 6) is -0.408. The highest BCUT2D eigenvalue weighted by molar-refractivity contribution is 7.92. The summed E-state index contributed by atoms with van der Waals surface area (Å²) in [7, 11) is -4.12. The largest absolute Gasteiger partial charge is 0.710 e. The number of halogens is 1. The number of hydrogen-bond donors (Lipinski definition) is 2. The number of benzene rings is 2. The molecule has 0 saturated heterocycles. The molecule has 0 unspecified atom stereocenters. The summed E-state index contributed by atoms with van der Waals surface area (Å²) < 4.78 is 45.3. The van der Waals surface area contributed by atoms with Crippen LogP contribution in [0.25, 0.3) is 16.6 Å². The van der Waals surface area contributed by atoms with Crippen molar-refractivity contribution in [2.75, 3.05) is 10.5 Å². The second-order valence-electron chi connectivity index (χ2n) is 8.84. The number of aryl methyl sites for hydroxylation is 1. The highest BCUT2D eigenvalue weighted by Crippen LogP contribution is 2.29. The van der Waals surface area contributed by atoms with Gasteiger partial charge in [-0.05, 0) is 48.2 Å². The van der Waals surface area contributed by atoms with Gasteiger partial charge in [-0.2, -0.15) is 5.10 Å². The van der Waals surface area contributed by atoms with E-state index >= 15 is 0 Å². The van der Waals surface area contributed by atoms with E-state index in [9.17, 15) is 18.0 Å². The average Bonchev–Trinajstić information content (AvgIpc) is 3.08. The van der Waals surface area contributed by atoms with Crippen LogP contribution in [0.4, 0.5) is 16.0 Å². The Kier molecular flexibility index (Phi) is 5.28. The fourth-order valence-corrected chi connectivity index (χ4v) is 4.72. The zero-order chi connectivity index (χ0) is 24.1. The van der Waals surface area contributed by atoms with Crippen LogP contribution in [0, 0.1) is 17.9 Å². The molecule has 3 N–H and O–H groups in total. The van der Waals surface area contributed by atoms with Crippen LogP contribution < -0.4 is 15.2 Å². The normalized spacial score (nSPS) is 12.3. The molecule has 0 amide bonds. The highest BCUT2D eigenvalue weighted by atomic mass is 32.2. The van der Waals surface area contributed by atoms with Crippen molar-refractivity contribution in [1.82, 2.24) is 9.78 Å². The number of nitrogens with one attached hydrogen (secondary N) is 1. The van der Waals surface area contributed by atoms with Gasteiger partial charge in [0, 0.05) is 17.5 Å². The lowest BCUT2D eigenvalue weighted by Crippen LogP contribution is -2.31. The first-order valence-electron chi connectivity index (χ1n) is 10.2. The summed E-state index contributed by atoms with van der Waals surface area (Å²) in [5.41, 5.74) is 7.01. The average molecular weight is 470 g/mol. The Balaban J connectivity index is 1.79. The van der Waals surface area contributed by atoms with Crippen LogP contribution >= 0.6 is 0 Å². The first kappa shape index (κ1) is 22.5. The van der Waals surface area contributed by atoms with E-state index in [1.807, 2.05) is 20.8 Å². The molecule has 0 aliphatic rings. The first-order chi connectivity index (χ1) is 15.4. The fourth-order valence-electron chi connectivity index (χ4n) is 3.67. The predicted octanol–water partition coefficient (Wildman–Crippen LogP) is 3.79. The van der Waals surface area contributed by atoms with Crippen molar-refractivity contribution in [2.45, 2.75) is 38.0 Å². The minimum absolute atomic E-state index is 0.0398. The number of fused-ring (bicyclic) bond motifs is 1. The van der Waals surface area contributed by atoms with E-state index in [2.05, 4.69) is 9.82 Å². The summed E-state index contributed by atoms with van der Waals surface area (Å²) in [5, 5.41) is 17.3. The Morgan fingerprint density at radius 2 is 1.85 bits per heavy atom. The van der Waals surface area contributed by atoms with Gasteiger partial charge in [0.25, 0.3) is 15.8 Å². The Hall–Kier alpha value is -3.66. The minimum atomic E-state index is -4.12. The maximum atomic E-state index is 14.7. The van der Waals surface area contributed by atoms with E-state index in [4.69, 9.17) is 5.73 Å². The summed E-state index contributed by atoms with van der Waals surface area (Å²) in [4.78, 5) is -0.207. The zero-order valence-corrected chi connectivity index (χ0v) is 19.4. The second kappa shape index (κ2) is 7.73.